The quantitative estimate of drug-likeness (QED) is 0.319. The lowest BCUT2D eigenvalue weighted by molar-refractivity contribution is -0.157. The van der Waals surface area contributed by atoms with Gasteiger partial charge in [-0.3, -0.25) is 14.7 Å². The maximum absolute atomic E-state index is 12.9. The van der Waals surface area contributed by atoms with Crippen molar-refractivity contribution in [2.45, 2.75) is 30.3 Å². The maximum Gasteiger partial charge on any atom is 0.274 e. The largest absolute Gasteiger partial charge is 0.495 e. The topological polar surface area (TPSA) is 140 Å². The predicted octanol–water partition coefficient (Wildman–Crippen LogP) is 2.92. The lowest BCUT2D eigenvalue weighted by atomic mass is 9.44. The molecular weight excluding hydrogens is 472 g/mol. The molecule has 3 heterocycles. The van der Waals surface area contributed by atoms with Crippen LogP contribution in [-0.2, 0) is 10.3 Å². The molecule has 0 unspecified atom stereocenters. The number of ether oxygens (including phenoxy) is 1. The molecule has 0 atom stereocenters. The number of pyridine rings is 1. The highest BCUT2D eigenvalue weighted by Gasteiger charge is 2.70. The molecule has 11 nitrogen and oxygen atoms in total. The minimum absolute atomic E-state index is 0.102. The molecule has 11 heteroatoms. The van der Waals surface area contributed by atoms with Gasteiger partial charge in [-0.05, 0) is 55.7 Å². The number of nitrogens with one attached hydrogen (secondary N) is 3. The number of anilines is 1. The van der Waals surface area contributed by atoms with Crippen LogP contribution in [0.15, 0.2) is 67.5 Å². The monoisotopic (exact) mass is 496 g/mol. The zero-order valence-corrected chi connectivity index (χ0v) is 20.1. The predicted molar refractivity (Wildman–Crippen MR) is 135 cm³/mol. The molecule has 0 saturated heterocycles. The van der Waals surface area contributed by atoms with Crippen LogP contribution in [0.25, 0.3) is 22.6 Å². The van der Waals surface area contributed by atoms with Gasteiger partial charge in [0.25, 0.3) is 5.91 Å². The standard InChI is InChI=1S/C26H24N8O3/c1-3-23(35)30-25-13-26(14-25,15-25)34-12-21(32-33-34)16-7-8-19(22(11-16)37-2)29-24(36)20-6-4-5-17(28-20)18-9-10-27-31-18/h3-12H,1,13-15H2,2H3,(H,27,31)(H,29,36)(H,30,35). The summed E-state index contributed by atoms with van der Waals surface area (Å²) in [7, 11) is 1.54. The Morgan fingerprint density at radius 1 is 1.16 bits per heavy atom. The van der Waals surface area contributed by atoms with E-state index in [-0.39, 0.29) is 28.6 Å². The summed E-state index contributed by atoms with van der Waals surface area (Å²) in [6, 6.07) is 12.4. The van der Waals surface area contributed by atoms with E-state index in [2.05, 4.69) is 42.7 Å². The van der Waals surface area contributed by atoms with Crippen molar-refractivity contribution in [1.82, 2.24) is 35.5 Å². The fraction of sp³-hybridized carbons (Fsp3) is 0.231. The fourth-order valence-corrected chi connectivity index (χ4v) is 5.30. The zero-order chi connectivity index (χ0) is 25.6. The fourth-order valence-electron chi connectivity index (χ4n) is 5.30. The normalized spacial score (nSPS) is 21.3. The van der Waals surface area contributed by atoms with E-state index in [0.29, 0.717) is 22.8 Å². The van der Waals surface area contributed by atoms with Crippen molar-refractivity contribution in [3.8, 4) is 28.4 Å². The summed E-state index contributed by atoms with van der Waals surface area (Å²) >= 11 is 0. The Morgan fingerprint density at radius 2 is 2.00 bits per heavy atom. The van der Waals surface area contributed by atoms with E-state index in [1.807, 2.05) is 23.0 Å². The van der Waals surface area contributed by atoms with E-state index in [9.17, 15) is 9.59 Å². The summed E-state index contributed by atoms with van der Waals surface area (Å²) in [5.41, 5.74) is 3.37. The highest BCUT2D eigenvalue weighted by molar-refractivity contribution is 6.04. The van der Waals surface area contributed by atoms with E-state index in [0.717, 1.165) is 30.5 Å². The van der Waals surface area contributed by atoms with Gasteiger partial charge in [0.2, 0.25) is 5.91 Å². The number of carbonyl (C=O) groups excluding carboxylic acids is 2. The Morgan fingerprint density at radius 3 is 2.73 bits per heavy atom. The van der Waals surface area contributed by atoms with Crippen LogP contribution >= 0.6 is 0 Å². The Bertz CT molecular complexity index is 1500. The van der Waals surface area contributed by atoms with E-state index >= 15 is 0 Å². The summed E-state index contributed by atoms with van der Waals surface area (Å²) in [5.74, 6) is -0.0191. The van der Waals surface area contributed by atoms with E-state index in [1.54, 1.807) is 43.6 Å². The minimum Gasteiger partial charge on any atom is -0.495 e. The molecule has 3 saturated carbocycles. The molecule has 186 valence electrons. The van der Waals surface area contributed by atoms with Gasteiger partial charge in [-0.15, -0.1) is 5.10 Å². The lowest BCUT2D eigenvalue weighted by Crippen LogP contribution is -2.78. The number of amides is 2. The molecule has 4 aromatic rings. The van der Waals surface area contributed by atoms with E-state index in [4.69, 9.17) is 4.74 Å². The molecule has 7 rings (SSSR count). The summed E-state index contributed by atoms with van der Waals surface area (Å²) in [6.07, 6.45) is 7.32. The van der Waals surface area contributed by atoms with Crippen molar-refractivity contribution in [2.75, 3.05) is 12.4 Å². The Labute approximate surface area is 211 Å². The third kappa shape index (κ3) is 3.84. The number of hydrogen-bond acceptors (Lipinski definition) is 7. The first-order valence-corrected chi connectivity index (χ1v) is 11.8. The number of rotatable bonds is 8. The SMILES string of the molecule is C=CC(=O)NC12CC(n3cc(-c4ccc(NC(=O)c5cccc(-c6ccn[nH]6)n5)c(OC)c4)nn3)(C1)C2. The molecular formula is C26H24N8O3. The second-order valence-corrected chi connectivity index (χ2v) is 9.52. The number of benzene rings is 1. The second-order valence-electron chi connectivity index (χ2n) is 9.52. The number of methoxy groups -OCH3 is 1. The number of aromatic amines is 1. The molecule has 3 aliphatic rings. The third-order valence-corrected chi connectivity index (χ3v) is 7.06. The molecule has 0 aliphatic heterocycles. The van der Waals surface area contributed by atoms with Gasteiger partial charge in [-0.2, -0.15) is 5.10 Å². The van der Waals surface area contributed by atoms with Crippen LogP contribution in [0.1, 0.15) is 29.8 Å². The maximum atomic E-state index is 12.9. The van der Waals surface area contributed by atoms with Crippen LogP contribution in [0, 0.1) is 0 Å². The van der Waals surface area contributed by atoms with Crippen molar-refractivity contribution < 1.29 is 14.3 Å². The minimum atomic E-state index is -0.362. The molecule has 3 aliphatic carbocycles. The number of hydrogen-bond donors (Lipinski definition) is 3. The van der Waals surface area contributed by atoms with Crippen molar-refractivity contribution in [3.05, 3.63) is 73.2 Å². The number of nitrogens with zero attached hydrogens (tertiary/aromatic N) is 5. The van der Waals surface area contributed by atoms with Crippen molar-refractivity contribution in [1.29, 1.82) is 0 Å². The Balaban J connectivity index is 1.17. The van der Waals surface area contributed by atoms with Crippen molar-refractivity contribution in [2.24, 2.45) is 0 Å². The van der Waals surface area contributed by atoms with Gasteiger partial charge < -0.3 is 15.4 Å². The molecule has 2 amide bonds. The Kier molecular flexibility index (Phi) is 5.14. The summed E-state index contributed by atoms with van der Waals surface area (Å²) in [4.78, 5) is 29.0. The summed E-state index contributed by atoms with van der Waals surface area (Å²) in [6.45, 7) is 3.52. The summed E-state index contributed by atoms with van der Waals surface area (Å²) in [5, 5.41) is 21.4. The lowest BCUT2D eigenvalue weighted by Gasteiger charge is -2.69. The smallest absolute Gasteiger partial charge is 0.274 e. The van der Waals surface area contributed by atoms with Gasteiger partial charge in [-0.25, -0.2) is 9.67 Å². The molecule has 3 N–H and O–H groups in total. The zero-order valence-electron chi connectivity index (χ0n) is 20.1. The first kappa shape index (κ1) is 22.7. The van der Waals surface area contributed by atoms with E-state index < -0.39 is 0 Å². The molecule has 2 bridgehead atoms. The van der Waals surface area contributed by atoms with Gasteiger partial charge in [0.05, 0.1) is 35.9 Å². The van der Waals surface area contributed by atoms with Crippen LogP contribution in [0.2, 0.25) is 0 Å². The molecule has 0 radical (unpaired) electrons. The van der Waals surface area contributed by atoms with Gasteiger partial charge in [0.1, 0.15) is 17.1 Å². The number of aromatic nitrogens is 6. The van der Waals surface area contributed by atoms with Crippen molar-refractivity contribution in [3.63, 3.8) is 0 Å². The summed E-state index contributed by atoms with van der Waals surface area (Å²) < 4.78 is 7.44. The average molecular weight is 497 g/mol. The van der Waals surface area contributed by atoms with Crippen LogP contribution in [0.5, 0.6) is 5.75 Å². The van der Waals surface area contributed by atoms with Crippen LogP contribution in [-0.4, -0.2) is 54.6 Å². The van der Waals surface area contributed by atoms with Gasteiger partial charge in [0.15, 0.2) is 0 Å². The average Bonchev–Trinajstić information content (AvgIpc) is 3.58. The van der Waals surface area contributed by atoms with Crippen molar-refractivity contribution >= 4 is 17.5 Å². The van der Waals surface area contributed by atoms with Crippen LogP contribution < -0.4 is 15.4 Å². The number of carbonyl (C=O) groups is 2. The Hall–Kier alpha value is -4.80. The van der Waals surface area contributed by atoms with Gasteiger partial charge in [-0.1, -0.05) is 23.9 Å². The highest BCUT2D eigenvalue weighted by atomic mass is 16.5. The third-order valence-electron chi connectivity index (χ3n) is 7.06. The van der Waals surface area contributed by atoms with Gasteiger partial charge in [0, 0.05) is 17.3 Å². The molecule has 1 aromatic carbocycles. The number of H-pyrrole nitrogens is 1. The molecule has 0 spiro atoms. The second kappa shape index (κ2) is 8.40. The van der Waals surface area contributed by atoms with Crippen LogP contribution in [0.3, 0.4) is 0 Å². The van der Waals surface area contributed by atoms with Gasteiger partial charge >= 0.3 is 0 Å². The molecule has 3 aromatic heterocycles. The molecule has 3 fully saturated rings. The molecule has 37 heavy (non-hydrogen) atoms. The van der Waals surface area contributed by atoms with E-state index in [1.165, 1.54) is 6.08 Å². The first-order valence-electron chi connectivity index (χ1n) is 11.8. The highest BCUT2D eigenvalue weighted by Crippen LogP contribution is 2.65. The van der Waals surface area contributed by atoms with Crippen LogP contribution in [0.4, 0.5) is 5.69 Å². The first-order chi connectivity index (χ1) is 17.9.